The molecule has 2 unspecified atom stereocenters. The molecule has 0 saturated carbocycles. The van der Waals surface area contributed by atoms with Gasteiger partial charge in [-0.05, 0) is 5.56 Å². The Kier molecular flexibility index (Phi) is 3.27. The maximum absolute atomic E-state index is 6.32. The van der Waals surface area contributed by atoms with E-state index in [-0.39, 0.29) is 12.1 Å². The normalized spacial score (nSPS) is 25.1. The van der Waals surface area contributed by atoms with Gasteiger partial charge in [-0.1, -0.05) is 18.2 Å². The van der Waals surface area contributed by atoms with Crippen LogP contribution in [0.4, 0.5) is 0 Å². The molecule has 2 heterocycles. The molecule has 1 saturated heterocycles. The molecule has 0 spiro atoms. The molecule has 92 valence electrons. The molecule has 1 fully saturated rings. The summed E-state index contributed by atoms with van der Waals surface area (Å²) in [6.45, 7) is 1.58. The Balaban J connectivity index is 1.85. The number of benzene rings is 1. The minimum Gasteiger partial charge on any atom is -0.493 e. The smallest absolute Gasteiger partial charge is 0.127 e. The van der Waals surface area contributed by atoms with Crippen molar-refractivity contribution in [2.24, 2.45) is 5.73 Å². The van der Waals surface area contributed by atoms with E-state index >= 15 is 0 Å². The molecular weight excluding hydrogens is 234 g/mol. The highest BCUT2D eigenvalue weighted by atomic mass is 32.2. The van der Waals surface area contributed by atoms with E-state index in [1.165, 1.54) is 5.56 Å². The number of hydrogen-bond donors (Lipinski definition) is 1. The van der Waals surface area contributed by atoms with Crippen molar-refractivity contribution in [2.75, 3.05) is 24.7 Å². The second-order valence-corrected chi connectivity index (χ2v) is 5.59. The first-order valence-corrected chi connectivity index (χ1v) is 7.21. The Labute approximate surface area is 106 Å². The lowest BCUT2D eigenvalue weighted by atomic mass is 9.99. The van der Waals surface area contributed by atoms with Crippen LogP contribution < -0.4 is 10.5 Å². The number of fused-ring (bicyclic) bond motifs is 1. The van der Waals surface area contributed by atoms with Crippen LogP contribution in [0.5, 0.6) is 5.75 Å². The molecule has 2 N–H and O–H groups in total. The first-order valence-electron chi connectivity index (χ1n) is 6.06. The van der Waals surface area contributed by atoms with Crippen molar-refractivity contribution in [3.63, 3.8) is 0 Å². The standard InChI is InChI=1S/C13H17NO2S/c14-12(11-8-17-7-6-15-11)10-3-1-2-9-4-5-16-13(9)10/h1-3,11-12H,4-8,14H2. The highest BCUT2D eigenvalue weighted by molar-refractivity contribution is 7.99. The lowest BCUT2D eigenvalue weighted by Crippen LogP contribution is -2.34. The number of ether oxygens (including phenoxy) is 2. The number of para-hydroxylation sites is 1. The molecule has 2 atom stereocenters. The van der Waals surface area contributed by atoms with Crippen LogP contribution >= 0.6 is 11.8 Å². The summed E-state index contributed by atoms with van der Waals surface area (Å²) in [6, 6.07) is 6.18. The van der Waals surface area contributed by atoms with Gasteiger partial charge < -0.3 is 15.2 Å². The summed E-state index contributed by atoms with van der Waals surface area (Å²) in [5, 5.41) is 0. The third-order valence-electron chi connectivity index (χ3n) is 3.35. The summed E-state index contributed by atoms with van der Waals surface area (Å²) in [5.74, 6) is 3.05. The third-order valence-corrected chi connectivity index (χ3v) is 4.37. The van der Waals surface area contributed by atoms with Crippen molar-refractivity contribution >= 4 is 11.8 Å². The molecule has 17 heavy (non-hydrogen) atoms. The van der Waals surface area contributed by atoms with Gasteiger partial charge in [0.2, 0.25) is 0 Å². The van der Waals surface area contributed by atoms with Crippen LogP contribution in [0, 0.1) is 0 Å². The molecule has 3 nitrogen and oxygen atoms in total. The van der Waals surface area contributed by atoms with E-state index in [1.54, 1.807) is 0 Å². The van der Waals surface area contributed by atoms with Crippen molar-refractivity contribution in [1.29, 1.82) is 0 Å². The number of nitrogens with two attached hydrogens (primary N) is 1. The van der Waals surface area contributed by atoms with Crippen LogP contribution in [-0.2, 0) is 11.2 Å². The third kappa shape index (κ3) is 2.17. The lowest BCUT2D eigenvalue weighted by Gasteiger charge is -2.28. The fourth-order valence-electron chi connectivity index (χ4n) is 2.42. The summed E-state index contributed by atoms with van der Waals surface area (Å²) < 4.78 is 11.5. The maximum atomic E-state index is 6.32. The van der Waals surface area contributed by atoms with Gasteiger partial charge in [-0.25, -0.2) is 0 Å². The second kappa shape index (κ2) is 4.88. The quantitative estimate of drug-likeness (QED) is 0.870. The van der Waals surface area contributed by atoms with E-state index in [1.807, 2.05) is 11.8 Å². The van der Waals surface area contributed by atoms with Gasteiger partial charge in [0.25, 0.3) is 0 Å². The van der Waals surface area contributed by atoms with Gasteiger partial charge in [-0.15, -0.1) is 0 Å². The van der Waals surface area contributed by atoms with Gasteiger partial charge in [-0.3, -0.25) is 0 Å². The van der Waals surface area contributed by atoms with Gasteiger partial charge in [0.1, 0.15) is 5.75 Å². The van der Waals surface area contributed by atoms with Gasteiger partial charge in [-0.2, -0.15) is 11.8 Å². The largest absolute Gasteiger partial charge is 0.493 e. The molecule has 3 rings (SSSR count). The number of thioether (sulfide) groups is 1. The maximum Gasteiger partial charge on any atom is 0.127 e. The lowest BCUT2D eigenvalue weighted by molar-refractivity contribution is 0.0563. The molecule has 0 bridgehead atoms. The molecule has 1 aromatic carbocycles. The van der Waals surface area contributed by atoms with Gasteiger partial charge in [0.05, 0.1) is 25.4 Å². The summed E-state index contributed by atoms with van der Waals surface area (Å²) in [4.78, 5) is 0. The van der Waals surface area contributed by atoms with E-state index in [0.29, 0.717) is 0 Å². The molecule has 1 aromatic rings. The van der Waals surface area contributed by atoms with Crippen molar-refractivity contribution in [1.82, 2.24) is 0 Å². The zero-order chi connectivity index (χ0) is 11.7. The number of rotatable bonds is 2. The van der Waals surface area contributed by atoms with Crippen LogP contribution in [0.2, 0.25) is 0 Å². The van der Waals surface area contributed by atoms with E-state index < -0.39 is 0 Å². The molecule has 0 aliphatic carbocycles. The summed E-state index contributed by atoms with van der Waals surface area (Å²) in [5.41, 5.74) is 8.71. The van der Waals surface area contributed by atoms with Gasteiger partial charge >= 0.3 is 0 Å². The highest BCUT2D eigenvalue weighted by Gasteiger charge is 2.27. The Morgan fingerprint density at radius 2 is 2.29 bits per heavy atom. The SMILES string of the molecule is NC(c1cccc2c1OCC2)C1CSCCO1. The predicted molar refractivity (Wildman–Crippen MR) is 69.6 cm³/mol. The summed E-state index contributed by atoms with van der Waals surface area (Å²) >= 11 is 1.91. The van der Waals surface area contributed by atoms with Crippen molar-refractivity contribution in [2.45, 2.75) is 18.6 Å². The fourth-order valence-corrected chi connectivity index (χ4v) is 3.33. The summed E-state index contributed by atoms with van der Waals surface area (Å²) in [6.07, 6.45) is 1.11. The highest BCUT2D eigenvalue weighted by Crippen LogP contribution is 2.35. The fraction of sp³-hybridized carbons (Fsp3) is 0.538. The first-order chi connectivity index (χ1) is 8.36. The Morgan fingerprint density at radius 3 is 3.12 bits per heavy atom. The van der Waals surface area contributed by atoms with Crippen LogP contribution in [0.25, 0.3) is 0 Å². The molecule has 0 radical (unpaired) electrons. The van der Waals surface area contributed by atoms with Crippen LogP contribution in [-0.4, -0.2) is 30.8 Å². The molecule has 0 aromatic heterocycles. The average molecular weight is 251 g/mol. The molecule has 0 amide bonds. The van der Waals surface area contributed by atoms with E-state index in [9.17, 15) is 0 Å². The molecule has 4 heteroatoms. The van der Waals surface area contributed by atoms with Crippen LogP contribution in [0.3, 0.4) is 0 Å². The van der Waals surface area contributed by atoms with Gasteiger partial charge in [0.15, 0.2) is 0 Å². The minimum atomic E-state index is -0.0733. The topological polar surface area (TPSA) is 44.5 Å². The molecule has 2 aliphatic rings. The Hall–Kier alpha value is -0.710. The Bertz CT molecular complexity index is 404. The first kappa shape index (κ1) is 11.4. The Morgan fingerprint density at radius 1 is 1.35 bits per heavy atom. The average Bonchev–Trinajstić information content (AvgIpc) is 2.87. The van der Waals surface area contributed by atoms with Crippen LogP contribution in [0.1, 0.15) is 17.2 Å². The van der Waals surface area contributed by atoms with Crippen LogP contribution in [0.15, 0.2) is 18.2 Å². The second-order valence-electron chi connectivity index (χ2n) is 4.44. The van der Waals surface area contributed by atoms with Gasteiger partial charge in [0, 0.05) is 23.5 Å². The monoisotopic (exact) mass is 251 g/mol. The van der Waals surface area contributed by atoms with E-state index in [2.05, 4.69) is 18.2 Å². The zero-order valence-corrected chi connectivity index (χ0v) is 10.5. The predicted octanol–water partition coefficient (Wildman–Crippen LogP) is 1.75. The summed E-state index contributed by atoms with van der Waals surface area (Å²) in [7, 11) is 0. The van der Waals surface area contributed by atoms with Crippen molar-refractivity contribution in [3.05, 3.63) is 29.3 Å². The minimum absolute atomic E-state index is 0.0733. The molecular formula is C13H17NO2S. The van der Waals surface area contributed by atoms with E-state index in [0.717, 1.165) is 42.5 Å². The number of hydrogen-bond acceptors (Lipinski definition) is 4. The van der Waals surface area contributed by atoms with Crippen molar-refractivity contribution < 1.29 is 9.47 Å². The van der Waals surface area contributed by atoms with Crippen molar-refractivity contribution in [3.8, 4) is 5.75 Å². The molecule has 2 aliphatic heterocycles. The zero-order valence-electron chi connectivity index (χ0n) is 9.72. The van der Waals surface area contributed by atoms with E-state index in [4.69, 9.17) is 15.2 Å².